The minimum atomic E-state index is -0.0572. The first-order valence-corrected chi connectivity index (χ1v) is 11.4. The minimum absolute atomic E-state index is 0.0572. The lowest BCUT2D eigenvalue weighted by Gasteiger charge is -2.33. The molecule has 0 radical (unpaired) electrons. The molecular weight excluding hydrogens is 404 g/mol. The highest BCUT2D eigenvalue weighted by Crippen LogP contribution is 2.31. The summed E-state index contributed by atoms with van der Waals surface area (Å²) in [6.45, 7) is 9.14. The number of piperazine rings is 1. The molecule has 168 valence electrons. The SMILES string of the molecule is CCC(C)C1CNC(=O)c2cc3cnc(Nc4ccc(N5CCN(C)CC5)cn4)nc3n21. The fraction of sp³-hybridized carbons (Fsp3) is 0.478. The molecular formula is C23H30N8O. The van der Waals surface area contributed by atoms with Crippen molar-refractivity contribution in [1.82, 2.24) is 29.7 Å². The zero-order chi connectivity index (χ0) is 22.2. The molecule has 1 fully saturated rings. The highest BCUT2D eigenvalue weighted by Gasteiger charge is 2.30. The van der Waals surface area contributed by atoms with Crippen molar-refractivity contribution >= 4 is 34.4 Å². The van der Waals surface area contributed by atoms with Gasteiger partial charge in [0.1, 0.15) is 17.2 Å². The van der Waals surface area contributed by atoms with Crippen LogP contribution in [0.25, 0.3) is 11.0 Å². The van der Waals surface area contributed by atoms with Gasteiger partial charge in [0.15, 0.2) is 0 Å². The standard InChI is InChI=1S/C23H30N8O/c1-4-15(2)19-14-25-22(32)18-11-16-12-26-23(28-21(16)31(18)19)27-20-6-5-17(13-24-20)30-9-7-29(3)8-10-30/h5-6,11-13,15,19H,4,7-10,14H2,1-3H3,(H,25,32)(H,24,26,27,28). The van der Waals surface area contributed by atoms with Gasteiger partial charge in [0.05, 0.1) is 17.9 Å². The first-order chi connectivity index (χ1) is 15.5. The van der Waals surface area contributed by atoms with Gasteiger partial charge in [-0.25, -0.2) is 9.97 Å². The monoisotopic (exact) mass is 434 g/mol. The van der Waals surface area contributed by atoms with Gasteiger partial charge in [0.25, 0.3) is 5.91 Å². The van der Waals surface area contributed by atoms with Crippen molar-refractivity contribution in [2.45, 2.75) is 26.3 Å². The van der Waals surface area contributed by atoms with E-state index in [-0.39, 0.29) is 11.9 Å². The van der Waals surface area contributed by atoms with Gasteiger partial charge in [0, 0.05) is 44.3 Å². The van der Waals surface area contributed by atoms with E-state index < -0.39 is 0 Å². The number of amides is 1. The lowest BCUT2D eigenvalue weighted by molar-refractivity contribution is 0.0904. The van der Waals surface area contributed by atoms with Crippen LogP contribution in [0.3, 0.4) is 0 Å². The first-order valence-electron chi connectivity index (χ1n) is 11.4. The molecule has 3 aromatic rings. The Hall–Kier alpha value is -3.20. The van der Waals surface area contributed by atoms with Gasteiger partial charge in [0.2, 0.25) is 5.95 Å². The number of fused-ring (bicyclic) bond motifs is 3. The van der Waals surface area contributed by atoms with Crippen molar-refractivity contribution in [3.8, 4) is 0 Å². The largest absolute Gasteiger partial charge is 0.368 e. The predicted octanol–water partition coefficient (Wildman–Crippen LogP) is 2.65. The highest BCUT2D eigenvalue weighted by atomic mass is 16.2. The number of hydrogen-bond acceptors (Lipinski definition) is 7. The summed E-state index contributed by atoms with van der Waals surface area (Å²) in [4.78, 5) is 30.9. The maximum absolute atomic E-state index is 12.5. The lowest BCUT2D eigenvalue weighted by atomic mass is 9.97. The van der Waals surface area contributed by atoms with Crippen LogP contribution < -0.4 is 15.5 Å². The fourth-order valence-corrected chi connectivity index (χ4v) is 4.51. The van der Waals surface area contributed by atoms with E-state index in [1.807, 2.05) is 18.3 Å². The number of carbonyl (C=O) groups excluding carboxylic acids is 1. The number of likely N-dealkylation sites (N-methyl/N-ethyl adjacent to an activating group) is 1. The van der Waals surface area contributed by atoms with Crippen molar-refractivity contribution in [2.75, 3.05) is 50.0 Å². The molecule has 2 unspecified atom stereocenters. The van der Waals surface area contributed by atoms with Crippen LogP contribution in [0.2, 0.25) is 0 Å². The Kier molecular flexibility index (Phi) is 5.42. The molecule has 9 heteroatoms. The third-order valence-electron chi connectivity index (χ3n) is 6.77. The van der Waals surface area contributed by atoms with E-state index in [0.717, 1.165) is 49.3 Å². The third-order valence-corrected chi connectivity index (χ3v) is 6.77. The van der Waals surface area contributed by atoms with Crippen LogP contribution in [0, 0.1) is 5.92 Å². The predicted molar refractivity (Wildman–Crippen MR) is 126 cm³/mol. The molecule has 0 spiro atoms. The maximum Gasteiger partial charge on any atom is 0.268 e. The van der Waals surface area contributed by atoms with Crippen molar-refractivity contribution in [3.05, 3.63) is 36.3 Å². The molecule has 2 aliphatic rings. The van der Waals surface area contributed by atoms with Crippen molar-refractivity contribution in [1.29, 1.82) is 0 Å². The summed E-state index contributed by atoms with van der Waals surface area (Å²) < 4.78 is 2.08. The lowest BCUT2D eigenvalue weighted by Crippen LogP contribution is -2.44. The molecule has 5 rings (SSSR count). The van der Waals surface area contributed by atoms with Crippen LogP contribution in [0.15, 0.2) is 30.6 Å². The van der Waals surface area contributed by atoms with E-state index in [0.29, 0.717) is 29.9 Å². The molecule has 0 saturated carbocycles. The molecule has 0 aromatic carbocycles. The van der Waals surface area contributed by atoms with E-state index in [1.165, 1.54) is 0 Å². The van der Waals surface area contributed by atoms with Crippen LogP contribution in [0.5, 0.6) is 0 Å². The zero-order valence-electron chi connectivity index (χ0n) is 18.9. The topological polar surface area (TPSA) is 91.2 Å². The molecule has 0 aliphatic carbocycles. The highest BCUT2D eigenvalue weighted by molar-refractivity contribution is 5.98. The summed E-state index contributed by atoms with van der Waals surface area (Å²) in [5.41, 5.74) is 2.56. The summed E-state index contributed by atoms with van der Waals surface area (Å²) >= 11 is 0. The van der Waals surface area contributed by atoms with Crippen LogP contribution >= 0.6 is 0 Å². The second kappa shape index (κ2) is 8.38. The third kappa shape index (κ3) is 3.77. The van der Waals surface area contributed by atoms with E-state index in [1.54, 1.807) is 6.20 Å². The molecule has 0 bridgehead atoms. The Morgan fingerprint density at radius 3 is 2.72 bits per heavy atom. The van der Waals surface area contributed by atoms with Gasteiger partial charge in [-0.15, -0.1) is 0 Å². The van der Waals surface area contributed by atoms with Gasteiger partial charge >= 0.3 is 0 Å². The molecule has 1 saturated heterocycles. The Balaban J connectivity index is 1.40. The molecule has 2 aliphatic heterocycles. The van der Waals surface area contributed by atoms with Crippen molar-refractivity contribution in [3.63, 3.8) is 0 Å². The molecule has 2 atom stereocenters. The van der Waals surface area contributed by atoms with E-state index in [9.17, 15) is 4.79 Å². The minimum Gasteiger partial charge on any atom is -0.368 e. The summed E-state index contributed by atoms with van der Waals surface area (Å²) in [6, 6.07) is 6.10. The van der Waals surface area contributed by atoms with Crippen LogP contribution in [0.4, 0.5) is 17.5 Å². The molecule has 2 N–H and O–H groups in total. The van der Waals surface area contributed by atoms with Gasteiger partial charge < -0.3 is 25.0 Å². The molecule has 3 aromatic heterocycles. The normalized spacial score (nSPS) is 20.2. The summed E-state index contributed by atoms with van der Waals surface area (Å²) in [5.74, 6) is 1.54. The smallest absolute Gasteiger partial charge is 0.268 e. The van der Waals surface area contributed by atoms with Gasteiger partial charge in [-0.05, 0) is 31.2 Å². The van der Waals surface area contributed by atoms with Gasteiger partial charge in [-0.1, -0.05) is 20.3 Å². The Morgan fingerprint density at radius 2 is 2.00 bits per heavy atom. The number of anilines is 3. The van der Waals surface area contributed by atoms with Gasteiger partial charge in [-0.3, -0.25) is 4.79 Å². The Bertz CT molecular complexity index is 1120. The van der Waals surface area contributed by atoms with E-state index in [2.05, 4.69) is 61.9 Å². The molecule has 5 heterocycles. The number of hydrogen-bond donors (Lipinski definition) is 2. The van der Waals surface area contributed by atoms with E-state index in [4.69, 9.17) is 4.98 Å². The Labute approximate surface area is 187 Å². The molecule has 1 amide bonds. The number of carbonyl (C=O) groups is 1. The summed E-state index contributed by atoms with van der Waals surface area (Å²) in [5, 5.41) is 7.11. The number of aromatic nitrogens is 4. The van der Waals surface area contributed by atoms with E-state index >= 15 is 0 Å². The maximum atomic E-state index is 12.5. The van der Waals surface area contributed by atoms with Crippen molar-refractivity contribution in [2.24, 2.45) is 5.92 Å². The van der Waals surface area contributed by atoms with Crippen molar-refractivity contribution < 1.29 is 4.79 Å². The summed E-state index contributed by atoms with van der Waals surface area (Å²) in [6.07, 6.45) is 4.70. The average Bonchev–Trinajstić information content (AvgIpc) is 3.20. The Morgan fingerprint density at radius 1 is 1.19 bits per heavy atom. The first kappa shape index (κ1) is 20.7. The number of nitrogens with one attached hydrogen (secondary N) is 2. The van der Waals surface area contributed by atoms with Crippen LogP contribution in [0.1, 0.15) is 36.8 Å². The van der Waals surface area contributed by atoms with Crippen LogP contribution in [-0.4, -0.2) is 70.1 Å². The fourth-order valence-electron chi connectivity index (χ4n) is 4.51. The summed E-state index contributed by atoms with van der Waals surface area (Å²) in [7, 11) is 2.15. The second-order valence-corrected chi connectivity index (χ2v) is 8.85. The van der Waals surface area contributed by atoms with Gasteiger partial charge in [-0.2, -0.15) is 4.98 Å². The number of nitrogens with zero attached hydrogens (tertiary/aromatic N) is 6. The van der Waals surface area contributed by atoms with Crippen LogP contribution in [-0.2, 0) is 0 Å². The zero-order valence-corrected chi connectivity index (χ0v) is 18.9. The second-order valence-electron chi connectivity index (χ2n) is 8.85. The molecule has 9 nitrogen and oxygen atoms in total. The molecule has 32 heavy (non-hydrogen) atoms. The average molecular weight is 435 g/mol. The number of rotatable bonds is 5. The number of pyridine rings is 1. The quantitative estimate of drug-likeness (QED) is 0.638.